The average Bonchev–Trinajstić information content (AvgIpc) is 2.70. The molecule has 4 nitrogen and oxygen atoms in total. The van der Waals surface area contributed by atoms with E-state index in [0.29, 0.717) is 12.1 Å². The Labute approximate surface area is 155 Å². The van der Waals surface area contributed by atoms with Gasteiger partial charge in [0.15, 0.2) is 0 Å². The van der Waals surface area contributed by atoms with E-state index in [1.54, 1.807) is 12.1 Å². The van der Waals surface area contributed by atoms with Gasteiger partial charge in [-0.2, -0.15) is 0 Å². The summed E-state index contributed by atoms with van der Waals surface area (Å²) in [5.74, 6) is -0.385. The molecule has 0 saturated carbocycles. The van der Waals surface area contributed by atoms with Crippen molar-refractivity contribution in [2.45, 2.75) is 32.1 Å². The molecule has 1 amide bonds. The normalized spacial score (nSPS) is 15.3. The highest BCUT2D eigenvalue weighted by molar-refractivity contribution is 5.89. The number of carbonyl (C=O) groups excluding carboxylic acids is 2. The standard InChI is InChI=1S/C22H26N2O2/c1-2-23-22(26)21(18-12-10-17(16-25)11-13-18)19-8-4-5-9-20(19)24-14-6-3-7-15-24/h4-5,8-13,16,21H,2-3,6-7,14-15H2,1H3,(H,23,26). The van der Waals surface area contributed by atoms with E-state index in [4.69, 9.17) is 0 Å². The summed E-state index contributed by atoms with van der Waals surface area (Å²) in [7, 11) is 0. The molecule has 136 valence electrons. The molecule has 0 radical (unpaired) electrons. The van der Waals surface area contributed by atoms with Crippen LogP contribution in [0.5, 0.6) is 0 Å². The van der Waals surface area contributed by atoms with E-state index in [0.717, 1.165) is 36.2 Å². The minimum absolute atomic E-state index is 0.00388. The van der Waals surface area contributed by atoms with Gasteiger partial charge in [0, 0.05) is 30.9 Å². The van der Waals surface area contributed by atoms with Crippen molar-refractivity contribution in [3.8, 4) is 0 Å². The number of carbonyl (C=O) groups is 2. The smallest absolute Gasteiger partial charge is 0.232 e. The van der Waals surface area contributed by atoms with Crippen molar-refractivity contribution < 1.29 is 9.59 Å². The Morgan fingerprint density at radius 1 is 1.08 bits per heavy atom. The highest BCUT2D eigenvalue weighted by Crippen LogP contribution is 2.34. The van der Waals surface area contributed by atoms with E-state index in [2.05, 4.69) is 22.3 Å². The van der Waals surface area contributed by atoms with Crippen LogP contribution in [0.4, 0.5) is 5.69 Å². The minimum Gasteiger partial charge on any atom is -0.371 e. The molecule has 26 heavy (non-hydrogen) atoms. The second kappa shape index (κ2) is 8.65. The average molecular weight is 350 g/mol. The predicted molar refractivity (Wildman–Crippen MR) is 105 cm³/mol. The Hall–Kier alpha value is -2.62. The zero-order chi connectivity index (χ0) is 18.4. The van der Waals surface area contributed by atoms with Crippen LogP contribution in [0.2, 0.25) is 0 Å². The number of anilines is 1. The third-order valence-corrected chi connectivity index (χ3v) is 4.96. The van der Waals surface area contributed by atoms with E-state index in [1.807, 2.05) is 31.2 Å². The highest BCUT2D eigenvalue weighted by Gasteiger charge is 2.27. The lowest BCUT2D eigenvalue weighted by molar-refractivity contribution is -0.121. The molecule has 1 aliphatic rings. The van der Waals surface area contributed by atoms with E-state index in [1.165, 1.54) is 19.3 Å². The van der Waals surface area contributed by atoms with Crippen molar-refractivity contribution in [3.63, 3.8) is 0 Å². The fourth-order valence-corrected chi connectivity index (χ4v) is 3.67. The number of amides is 1. The lowest BCUT2D eigenvalue weighted by Crippen LogP contribution is -2.33. The van der Waals surface area contributed by atoms with Crippen molar-refractivity contribution in [2.75, 3.05) is 24.5 Å². The Balaban J connectivity index is 2.03. The molecule has 1 aliphatic heterocycles. The molecule has 1 atom stereocenters. The molecule has 0 spiro atoms. The second-order valence-corrected chi connectivity index (χ2v) is 6.72. The van der Waals surface area contributed by atoms with Gasteiger partial charge in [-0.25, -0.2) is 0 Å². The summed E-state index contributed by atoms with van der Waals surface area (Å²) in [4.78, 5) is 26.3. The largest absolute Gasteiger partial charge is 0.371 e. The number of rotatable bonds is 6. The SMILES string of the molecule is CCNC(=O)C(c1ccc(C=O)cc1)c1ccccc1N1CCCCC1. The monoisotopic (exact) mass is 350 g/mol. The lowest BCUT2D eigenvalue weighted by Gasteiger charge is -2.32. The van der Waals surface area contributed by atoms with Crippen LogP contribution in [0.3, 0.4) is 0 Å². The molecule has 0 aromatic heterocycles. The van der Waals surface area contributed by atoms with Crippen LogP contribution in [-0.2, 0) is 4.79 Å². The Bertz CT molecular complexity index is 749. The second-order valence-electron chi connectivity index (χ2n) is 6.72. The van der Waals surface area contributed by atoms with E-state index in [9.17, 15) is 9.59 Å². The van der Waals surface area contributed by atoms with Gasteiger partial charge >= 0.3 is 0 Å². The van der Waals surface area contributed by atoms with E-state index in [-0.39, 0.29) is 11.8 Å². The number of hydrogen-bond donors (Lipinski definition) is 1. The molecule has 0 aliphatic carbocycles. The molecular formula is C22H26N2O2. The summed E-state index contributed by atoms with van der Waals surface area (Å²) >= 11 is 0. The first-order chi connectivity index (χ1) is 12.7. The minimum atomic E-state index is -0.381. The van der Waals surface area contributed by atoms with Crippen molar-refractivity contribution in [1.29, 1.82) is 0 Å². The predicted octanol–water partition coefficient (Wildman–Crippen LogP) is 3.76. The van der Waals surface area contributed by atoms with Gasteiger partial charge in [0.1, 0.15) is 6.29 Å². The molecular weight excluding hydrogens is 324 g/mol. The fraction of sp³-hybridized carbons (Fsp3) is 0.364. The van der Waals surface area contributed by atoms with Crippen LogP contribution in [0.1, 0.15) is 53.6 Å². The Morgan fingerprint density at radius 3 is 2.42 bits per heavy atom. The molecule has 4 heteroatoms. The van der Waals surface area contributed by atoms with Gasteiger partial charge in [-0.3, -0.25) is 9.59 Å². The van der Waals surface area contributed by atoms with E-state index >= 15 is 0 Å². The Kier molecular flexibility index (Phi) is 6.05. The summed E-state index contributed by atoms with van der Waals surface area (Å²) in [6.45, 7) is 4.58. The summed E-state index contributed by atoms with van der Waals surface area (Å²) in [5, 5.41) is 2.97. The molecule has 3 rings (SSSR count). The highest BCUT2D eigenvalue weighted by atomic mass is 16.1. The quantitative estimate of drug-likeness (QED) is 0.807. The van der Waals surface area contributed by atoms with Crippen LogP contribution in [-0.4, -0.2) is 31.8 Å². The summed E-state index contributed by atoms with van der Waals surface area (Å²) in [5.41, 5.74) is 3.70. The number of piperidine rings is 1. The summed E-state index contributed by atoms with van der Waals surface area (Å²) in [6.07, 6.45) is 4.47. The number of nitrogens with zero attached hydrogens (tertiary/aromatic N) is 1. The van der Waals surface area contributed by atoms with Crippen molar-refractivity contribution >= 4 is 17.9 Å². The van der Waals surface area contributed by atoms with Gasteiger partial charge in [-0.15, -0.1) is 0 Å². The fourth-order valence-electron chi connectivity index (χ4n) is 3.67. The molecule has 0 bridgehead atoms. The van der Waals surface area contributed by atoms with Gasteiger partial charge in [0.05, 0.1) is 5.92 Å². The van der Waals surface area contributed by atoms with Gasteiger partial charge in [-0.1, -0.05) is 42.5 Å². The first-order valence-corrected chi connectivity index (χ1v) is 9.41. The van der Waals surface area contributed by atoms with Crippen LogP contribution in [0, 0.1) is 0 Å². The number of benzene rings is 2. The first kappa shape index (κ1) is 18.2. The number of aldehydes is 1. The van der Waals surface area contributed by atoms with Gasteiger partial charge < -0.3 is 10.2 Å². The molecule has 1 unspecified atom stereocenters. The van der Waals surface area contributed by atoms with Crippen LogP contribution >= 0.6 is 0 Å². The topological polar surface area (TPSA) is 49.4 Å². The number of nitrogens with one attached hydrogen (secondary N) is 1. The maximum Gasteiger partial charge on any atom is 0.232 e. The maximum absolute atomic E-state index is 12.9. The third kappa shape index (κ3) is 3.96. The number of likely N-dealkylation sites (N-methyl/N-ethyl adjacent to an activating group) is 1. The molecule has 1 N–H and O–H groups in total. The van der Waals surface area contributed by atoms with Crippen molar-refractivity contribution in [3.05, 3.63) is 65.2 Å². The summed E-state index contributed by atoms with van der Waals surface area (Å²) in [6, 6.07) is 15.5. The molecule has 2 aromatic carbocycles. The van der Waals surface area contributed by atoms with Crippen molar-refractivity contribution in [1.82, 2.24) is 5.32 Å². The van der Waals surface area contributed by atoms with Crippen molar-refractivity contribution in [2.24, 2.45) is 0 Å². The molecule has 1 saturated heterocycles. The van der Waals surface area contributed by atoms with Gasteiger partial charge in [-0.05, 0) is 43.4 Å². The van der Waals surface area contributed by atoms with Crippen LogP contribution < -0.4 is 10.2 Å². The Morgan fingerprint density at radius 2 is 1.77 bits per heavy atom. The van der Waals surface area contributed by atoms with Crippen LogP contribution in [0.15, 0.2) is 48.5 Å². The van der Waals surface area contributed by atoms with E-state index < -0.39 is 0 Å². The van der Waals surface area contributed by atoms with Gasteiger partial charge in [0.2, 0.25) is 5.91 Å². The molecule has 1 fully saturated rings. The number of hydrogen-bond acceptors (Lipinski definition) is 3. The zero-order valence-corrected chi connectivity index (χ0v) is 15.3. The molecule has 1 heterocycles. The third-order valence-electron chi connectivity index (χ3n) is 4.96. The number of para-hydroxylation sites is 1. The van der Waals surface area contributed by atoms with Crippen LogP contribution in [0.25, 0.3) is 0 Å². The summed E-state index contributed by atoms with van der Waals surface area (Å²) < 4.78 is 0. The van der Waals surface area contributed by atoms with Gasteiger partial charge in [0.25, 0.3) is 0 Å². The maximum atomic E-state index is 12.9. The lowest BCUT2D eigenvalue weighted by atomic mass is 9.88. The first-order valence-electron chi connectivity index (χ1n) is 9.41. The molecule has 2 aromatic rings. The zero-order valence-electron chi connectivity index (χ0n) is 15.3.